The summed E-state index contributed by atoms with van der Waals surface area (Å²) in [6.07, 6.45) is 6.94. The highest BCUT2D eigenvalue weighted by Crippen LogP contribution is 2.11. The second-order valence-corrected chi connectivity index (χ2v) is 4.66. The molecule has 1 rings (SSSR count). The third-order valence-electron chi connectivity index (χ3n) is 2.97. The fourth-order valence-corrected chi connectivity index (χ4v) is 2.05. The van der Waals surface area contributed by atoms with Gasteiger partial charge in [-0.25, -0.2) is 4.68 Å². The standard InChI is InChI=1S/C13H24N4O/c1-3-5-6-7-9-17-12(8-4-2)11(15-16-17)10-13(14)18/h3-10H2,1-2H3,(H2,14,18). The molecule has 5 nitrogen and oxygen atoms in total. The van der Waals surface area contributed by atoms with Gasteiger partial charge in [0.15, 0.2) is 0 Å². The minimum absolute atomic E-state index is 0.199. The molecule has 1 amide bonds. The number of carbonyl (C=O) groups is 1. The van der Waals surface area contributed by atoms with Crippen molar-refractivity contribution in [3.05, 3.63) is 11.4 Å². The SMILES string of the molecule is CCCCCCn1nnc(CC(N)=O)c1CCC. The molecule has 2 N–H and O–H groups in total. The molecule has 0 atom stereocenters. The molecule has 0 saturated carbocycles. The van der Waals surface area contributed by atoms with Crippen LogP contribution in [0.25, 0.3) is 0 Å². The number of nitrogens with two attached hydrogens (primary N) is 1. The predicted octanol–water partition coefficient (Wildman–Crippen LogP) is 1.84. The fourth-order valence-electron chi connectivity index (χ4n) is 2.05. The highest BCUT2D eigenvalue weighted by molar-refractivity contribution is 5.76. The van der Waals surface area contributed by atoms with Gasteiger partial charge in [0.2, 0.25) is 5.91 Å². The monoisotopic (exact) mass is 252 g/mol. The topological polar surface area (TPSA) is 73.8 Å². The molecular weight excluding hydrogens is 228 g/mol. The van der Waals surface area contributed by atoms with Gasteiger partial charge in [-0.3, -0.25) is 4.79 Å². The molecule has 102 valence electrons. The Bertz CT molecular complexity index is 373. The highest BCUT2D eigenvalue weighted by atomic mass is 16.1. The molecule has 0 radical (unpaired) electrons. The van der Waals surface area contributed by atoms with Gasteiger partial charge in [0.1, 0.15) is 0 Å². The molecule has 0 aliphatic heterocycles. The molecule has 0 saturated heterocycles. The number of hydrogen-bond donors (Lipinski definition) is 1. The summed E-state index contributed by atoms with van der Waals surface area (Å²) in [6, 6.07) is 0. The Morgan fingerprint density at radius 3 is 2.61 bits per heavy atom. The maximum absolute atomic E-state index is 11.0. The van der Waals surface area contributed by atoms with Crippen LogP contribution >= 0.6 is 0 Å². The van der Waals surface area contributed by atoms with Gasteiger partial charge in [0.25, 0.3) is 0 Å². The van der Waals surface area contributed by atoms with E-state index in [4.69, 9.17) is 5.73 Å². The Hall–Kier alpha value is -1.39. The number of primary amides is 1. The van der Waals surface area contributed by atoms with Gasteiger partial charge in [-0.15, -0.1) is 5.10 Å². The number of nitrogens with zero attached hydrogens (tertiary/aromatic N) is 3. The first-order valence-corrected chi connectivity index (χ1v) is 6.88. The van der Waals surface area contributed by atoms with Gasteiger partial charge >= 0.3 is 0 Å². The maximum atomic E-state index is 11.0. The summed E-state index contributed by atoms with van der Waals surface area (Å²) < 4.78 is 1.94. The largest absolute Gasteiger partial charge is 0.369 e. The lowest BCUT2D eigenvalue weighted by Crippen LogP contribution is -2.15. The summed E-state index contributed by atoms with van der Waals surface area (Å²) in [5.41, 5.74) is 7.05. The summed E-state index contributed by atoms with van der Waals surface area (Å²) in [7, 11) is 0. The van der Waals surface area contributed by atoms with Gasteiger partial charge in [-0.2, -0.15) is 0 Å². The van der Waals surface area contributed by atoms with Crippen molar-refractivity contribution in [3.8, 4) is 0 Å². The lowest BCUT2D eigenvalue weighted by atomic mass is 10.1. The molecule has 0 aliphatic rings. The molecule has 0 aliphatic carbocycles. The lowest BCUT2D eigenvalue weighted by molar-refractivity contribution is -0.117. The van der Waals surface area contributed by atoms with Gasteiger partial charge in [0, 0.05) is 6.54 Å². The molecule has 5 heteroatoms. The van der Waals surface area contributed by atoms with Crippen LogP contribution in [0.3, 0.4) is 0 Å². The number of rotatable bonds is 9. The number of aromatic nitrogens is 3. The quantitative estimate of drug-likeness (QED) is 0.681. The van der Waals surface area contributed by atoms with Crippen molar-refractivity contribution >= 4 is 5.91 Å². The summed E-state index contributed by atoms with van der Waals surface area (Å²) in [6.45, 7) is 5.20. The molecule has 1 heterocycles. The van der Waals surface area contributed by atoms with Crippen LogP contribution in [-0.2, 0) is 24.2 Å². The molecule has 0 fully saturated rings. The Morgan fingerprint density at radius 2 is 2.00 bits per heavy atom. The van der Waals surface area contributed by atoms with Crippen molar-refractivity contribution in [2.24, 2.45) is 5.73 Å². The van der Waals surface area contributed by atoms with Crippen molar-refractivity contribution in [1.29, 1.82) is 0 Å². The van der Waals surface area contributed by atoms with Crippen LogP contribution in [0, 0.1) is 0 Å². The van der Waals surface area contributed by atoms with E-state index in [0.717, 1.165) is 37.2 Å². The van der Waals surface area contributed by atoms with Crippen molar-refractivity contribution in [2.45, 2.75) is 65.3 Å². The van der Waals surface area contributed by atoms with Gasteiger partial charge in [0.05, 0.1) is 17.8 Å². The number of unbranched alkanes of at least 4 members (excludes halogenated alkanes) is 3. The van der Waals surface area contributed by atoms with E-state index >= 15 is 0 Å². The van der Waals surface area contributed by atoms with Crippen LogP contribution in [-0.4, -0.2) is 20.9 Å². The van der Waals surface area contributed by atoms with Gasteiger partial charge in [-0.1, -0.05) is 44.7 Å². The number of hydrogen-bond acceptors (Lipinski definition) is 3. The zero-order valence-electron chi connectivity index (χ0n) is 11.5. The summed E-state index contributed by atoms with van der Waals surface area (Å²) in [5.74, 6) is -0.342. The Kier molecular flexibility index (Phi) is 6.39. The Labute approximate surface area is 109 Å². The molecule has 0 spiro atoms. The molecule has 1 aromatic rings. The van der Waals surface area contributed by atoms with Crippen LogP contribution < -0.4 is 5.73 Å². The lowest BCUT2D eigenvalue weighted by Gasteiger charge is -2.06. The van der Waals surface area contributed by atoms with Crippen LogP contribution in [0.15, 0.2) is 0 Å². The maximum Gasteiger partial charge on any atom is 0.223 e. The second-order valence-electron chi connectivity index (χ2n) is 4.66. The van der Waals surface area contributed by atoms with E-state index in [1.165, 1.54) is 19.3 Å². The molecule has 18 heavy (non-hydrogen) atoms. The summed E-state index contributed by atoms with van der Waals surface area (Å²) in [5, 5.41) is 8.23. The zero-order chi connectivity index (χ0) is 13.4. The average molecular weight is 252 g/mol. The van der Waals surface area contributed by atoms with E-state index in [9.17, 15) is 4.79 Å². The van der Waals surface area contributed by atoms with Gasteiger partial charge < -0.3 is 5.73 Å². The van der Waals surface area contributed by atoms with Crippen LogP contribution in [0.1, 0.15) is 57.3 Å². The van der Waals surface area contributed by atoms with Crippen LogP contribution in [0.2, 0.25) is 0 Å². The highest BCUT2D eigenvalue weighted by Gasteiger charge is 2.13. The summed E-state index contributed by atoms with van der Waals surface area (Å²) in [4.78, 5) is 11.0. The first kappa shape index (κ1) is 14.7. The first-order chi connectivity index (χ1) is 8.69. The fraction of sp³-hybridized carbons (Fsp3) is 0.769. The number of amides is 1. The van der Waals surface area contributed by atoms with Crippen molar-refractivity contribution in [2.75, 3.05) is 0 Å². The van der Waals surface area contributed by atoms with Crippen LogP contribution in [0.4, 0.5) is 0 Å². The van der Waals surface area contributed by atoms with Crippen molar-refractivity contribution in [3.63, 3.8) is 0 Å². The van der Waals surface area contributed by atoms with Crippen molar-refractivity contribution < 1.29 is 4.79 Å². The number of aryl methyl sites for hydroxylation is 1. The Morgan fingerprint density at radius 1 is 1.22 bits per heavy atom. The molecule has 0 unspecified atom stereocenters. The number of carbonyl (C=O) groups excluding carboxylic acids is 1. The van der Waals surface area contributed by atoms with Crippen LogP contribution in [0.5, 0.6) is 0 Å². The smallest absolute Gasteiger partial charge is 0.223 e. The minimum Gasteiger partial charge on any atom is -0.369 e. The van der Waals surface area contributed by atoms with Crippen molar-refractivity contribution in [1.82, 2.24) is 15.0 Å². The normalized spacial score (nSPS) is 10.8. The minimum atomic E-state index is -0.342. The predicted molar refractivity (Wildman–Crippen MR) is 71.1 cm³/mol. The third-order valence-corrected chi connectivity index (χ3v) is 2.97. The second kappa shape index (κ2) is 7.84. The molecule has 0 aromatic carbocycles. The van der Waals surface area contributed by atoms with E-state index in [1.807, 2.05) is 4.68 Å². The van der Waals surface area contributed by atoms with E-state index in [1.54, 1.807) is 0 Å². The first-order valence-electron chi connectivity index (χ1n) is 6.88. The molecule has 0 bridgehead atoms. The van der Waals surface area contributed by atoms with E-state index in [2.05, 4.69) is 24.2 Å². The van der Waals surface area contributed by atoms with E-state index < -0.39 is 0 Å². The zero-order valence-corrected chi connectivity index (χ0v) is 11.5. The average Bonchev–Trinajstić information content (AvgIpc) is 2.68. The van der Waals surface area contributed by atoms with Gasteiger partial charge in [-0.05, 0) is 12.8 Å². The van der Waals surface area contributed by atoms with E-state index in [-0.39, 0.29) is 12.3 Å². The summed E-state index contributed by atoms with van der Waals surface area (Å²) >= 11 is 0. The molecular formula is C13H24N4O. The van der Waals surface area contributed by atoms with E-state index in [0.29, 0.717) is 0 Å². The molecule has 1 aromatic heterocycles. The third kappa shape index (κ3) is 4.47. The Balaban J connectivity index is 2.65.